The maximum absolute atomic E-state index is 5.32. The van der Waals surface area contributed by atoms with Gasteiger partial charge in [0.25, 0.3) is 0 Å². The van der Waals surface area contributed by atoms with Gasteiger partial charge in [-0.2, -0.15) is 0 Å². The summed E-state index contributed by atoms with van der Waals surface area (Å²) in [5, 5.41) is 3.39. The van der Waals surface area contributed by atoms with Crippen molar-refractivity contribution in [3.63, 3.8) is 0 Å². The number of aryl methyl sites for hydroxylation is 1. The summed E-state index contributed by atoms with van der Waals surface area (Å²) < 4.78 is 10.6. The standard InChI is InChI=1S/C18H23NO2/c1-13-10-15(8-9-18(13)21-4)17(19-2)12-14-6-5-7-16(11-14)20-3/h5-11,17,19H,12H2,1-4H3. The molecule has 0 amide bonds. The molecule has 0 fully saturated rings. The van der Waals surface area contributed by atoms with Crippen LogP contribution in [0.25, 0.3) is 0 Å². The van der Waals surface area contributed by atoms with E-state index in [1.807, 2.05) is 25.2 Å². The third kappa shape index (κ3) is 3.76. The Morgan fingerprint density at radius 1 is 1.05 bits per heavy atom. The Kier molecular flexibility index (Phi) is 5.23. The number of benzene rings is 2. The molecule has 3 heteroatoms. The molecule has 0 saturated heterocycles. The van der Waals surface area contributed by atoms with Crippen LogP contribution in [0.5, 0.6) is 11.5 Å². The van der Waals surface area contributed by atoms with Gasteiger partial charge in [0.15, 0.2) is 0 Å². The molecule has 1 atom stereocenters. The second-order valence-electron chi connectivity index (χ2n) is 5.13. The predicted octanol–water partition coefficient (Wildman–Crippen LogP) is 3.52. The first-order chi connectivity index (χ1) is 10.2. The molecule has 0 spiro atoms. The summed E-state index contributed by atoms with van der Waals surface area (Å²) in [6, 6.07) is 14.8. The van der Waals surface area contributed by atoms with Gasteiger partial charge in [-0.05, 0) is 55.3 Å². The van der Waals surface area contributed by atoms with E-state index in [1.165, 1.54) is 11.1 Å². The number of nitrogens with one attached hydrogen (secondary N) is 1. The van der Waals surface area contributed by atoms with Crippen molar-refractivity contribution in [1.29, 1.82) is 0 Å². The first-order valence-electron chi connectivity index (χ1n) is 7.12. The van der Waals surface area contributed by atoms with E-state index in [-0.39, 0.29) is 6.04 Å². The zero-order chi connectivity index (χ0) is 15.2. The number of likely N-dealkylation sites (N-methyl/N-ethyl adjacent to an activating group) is 1. The monoisotopic (exact) mass is 285 g/mol. The van der Waals surface area contributed by atoms with E-state index in [0.717, 1.165) is 23.5 Å². The molecule has 112 valence electrons. The molecule has 21 heavy (non-hydrogen) atoms. The summed E-state index contributed by atoms with van der Waals surface area (Å²) in [6.07, 6.45) is 0.916. The Bertz CT molecular complexity index is 596. The van der Waals surface area contributed by atoms with Gasteiger partial charge in [0, 0.05) is 6.04 Å². The van der Waals surface area contributed by atoms with E-state index in [0.29, 0.717) is 0 Å². The Hall–Kier alpha value is -2.00. The number of hydrogen-bond acceptors (Lipinski definition) is 3. The maximum atomic E-state index is 5.32. The minimum absolute atomic E-state index is 0.265. The van der Waals surface area contributed by atoms with Gasteiger partial charge in [-0.3, -0.25) is 0 Å². The quantitative estimate of drug-likeness (QED) is 0.881. The molecular formula is C18H23NO2. The van der Waals surface area contributed by atoms with Gasteiger partial charge in [0.1, 0.15) is 11.5 Å². The van der Waals surface area contributed by atoms with Crippen LogP contribution in [0.2, 0.25) is 0 Å². The van der Waals surface area contributed by atoms with Gasteiger partial charge in [-0.25, -0.2) is 0 Å². The van der Waals surface area contributed by atoms with Crippen LogP contribution in [-0.2, 0) is 6.42 Å². The lowest BCUT2D eigenvalue weighted by atomic mass is 9.97. The van der Waals surface area contributed by atoms with Crippen LogP contribution in [0.3, 0.4) is 0 Å². The molecule has 0 bridgehead atoms. The minimum Gasteiger partial charge on any atom is -0.497 e. The smallest absolute Gasteiger partial charge is 0.121 e. The Morgan fingerprint density at radius 2 is 1.86 bits per heavy atom. The van der Waals surface area contributed by atoms with Crippen LogP contribution in [-0.4, -0.2) is 21.3 Å². The third-order valence-electron chi connectivity index (χ3n) is 3.74. The van der Waals surface area contributed by atoms with Gasteiger partial charge >= 0.3 is 0 Å². The molecule has 0 heterocycles. The average Bonchev–Trinajstić information content (AvgIpc) is 2.52. The van der Waals surface area contributed by atoms with Crippen molar-refractivity contribution >= 4 is 0 Å². The molecule has 0 aliphatic carbocycles. The highest BCUT2D eigenvalue weighted by atomic mass is 16.5. The van der Waals surface area contributed by atoms with Crippen LogP contribution in [0.15, 0.2) is 42.5 Å². The average molecular weight is 285 g/mol. The Balaban J connectivity index is 2.21. The molecule has 1 N–H and O–H groups in total. The van der Waals surface area contributed by atoms with Crippen molar-refractivity contribution in [2.24, 2.45) is 0 Å². The zero-order valence-electron chi connectivity index (χ0n) is 13.1. The van der Waals surface area contributed by atoms with Gasteiger partial charge in [-0.15, -0.1) is 0 Å². The van der Waals surface area contributed by atoms with Crippen molar-refractivity contribution in [3.8, 4) is 11.5 Å². The largest absolute Gasteiger partial charge is 0.497 e. The van der Waals surface area contributed by atoms with E-state index in [4.69, 9.17) is 9.47 Å². The minimum atomic E-state index is 0.265. The van der Waals surface area contributed by atoms with Crippen LogP contribution in [0.4, 0.5) is 0 Å². The fourth-order valence-electron chi connectivity index (χ4n) is 2.54. The highest BCUT2D eigenvalue weighted by molar-refractivity contribution is 5.38. The summed E-state index contributed by atoms with van der Waals surface area (Å²) in [4.78, 5) is 0. The molecule has 2 aromatic carbocycles. The molecule has 0 aliphatic rings. The SMILES string of the molecule is CNC(Cc1cccc(OC)c1)c1ccc(OC)c(C)c1. The highest BCUT2D eigenvalue weighted by Gasteiger charge is 2.12. The van der Waals surface area contributed by atoms with Crippen molar-refractivity contribution in [2.75, 3.05) is 21.3 Å². The van der Waals surface area contributed by atoms with Crippen LogP contribution < -0.4 is 14.8 Å². The van der Waals surface area contributed by atoms with E-state index >= 15 is 0 Å². The summed E-state index contributed by atoms with van der Waals surface area (Å²) in [5.74, 6) is 1.82. The van der Waals surface area contributed by atoms with Gasteiger partial charge in [0.05, 0.1) is 14.2 Å². The Morgan fingerprint density at radius 3 is 2.48 bits per heavy atom. The Labute approximate surface area is 126 Å². The predicted molar refractivity (Wildman–Crippen MR) is 86.2 cm³/mol. The number of ether oxygens (including phenoxy) is 2. The fraction of sp³-hybridized carbons (Fsp3) is 0.333. The van der Waals surface area contributed by atoms with Crippen molar-refractivity contribution in [2.45, 2.75) is 19.4 Å². The van der Waals surface area contributed by atoms with E-state index in [9.17, 15) is 0 Å². The molecule has 0 saturated carbocycles. The molecule has 3 nitrogen and oxygen atoms in total. The summed E-state index contributed by atoms with van der Waals surface area (Å²) in [7, 11) is 5.39. The fourth-order valence-corrected chi connectivity index (χ4v) is 2.54. The third-order valence-corrected chi connectivity index (χ3v) is 3.74. The summed E-state index contributed by atoms with van der Waals surface area (Å²) in [5.41, 5.74) is 3.67. The lowest BCUT2D eigenvalue weighted by Crippen LogP contribution is -2.19. The normalized spacial score (nSPS) is 12.0. The number of hydrogen-bond donors (Lipinski definition) is 1. The van der Waals surface area contributed by atoms with Gasteiger partial charge in [0.2, 0.25) is 0 Å². The van der Waals surface area contributed by atoms with Crippen LogP contribution in [0.1, 0.15) is 22.7 Å². The van der Waals surface area contributed by atoms with E-state index < -0.39 is 0 Å². The van der Waals surface area contributed by atoms with Crippen LogP contribution in [0, 0.1) is 6.92 Å². The summed E-state index contributed by atoms with van der Waals surface area (Å²) in [6.45, 7) is 2.07. The molecule has 0 radical (unpaired) electrons. The molecule has 1 unspecified atom stereocenters. The molecule has 2 aromatic rings. The van der Waals surface area contributed by atoms with Gasteiger partial charge in [-0.1, -0.05) is 24.3 Å². The molecule has 0 aromatic heterocycles. The number of methoxy groups -OCH3 is 2. The molecule has 0 aliphatic heterocycles. The van der Waals surface area contributed by atoms with E-state index in [1.54, 1.807) is 14.2 Å². The van der Waals surface area contributed by atoms with Gasteiger partial charge < -0.3 is 14.8 Å². The van der Waals surface area contributed by atoms with Crippen molar-refractivity contribution in [1.82, 2.24) is 5.32 Å². The zero-order valence-corrected chi connectivity index (χ0v) is 13.1. The molecule has 2 rings (SSSR count). The number of rotatable bonds is 6. The highest BCUT2D eigenvalue weighted by Crippen LogP contribution is 2.25. The topological polar surface area (TPSA) is 30.5 Å². The maximum Gasteiger partial charge on any atom is 0.121 e. The van der Waals surface area contributed by atoms with Crippen molar-refractivity contribution in [3.05, 3.63) is 59.2 Å². The molecular weight excluding hydrogens is 262 g/mol. The first kappa shape index (κ1) is 15.4. The lowest BCUT2D eigenvalue weighted by molar-refractivity contribution is 0.411. The lowest BCUT2D eigenvalue weighted by Gasteiger charge is -2.18. The second kappa shape index (κ2) is 7.14. The second-order valence-corrected chi connectivity index (χ2v) is 5.13. The summed E-state index contributed by atoms with van der Waals surface area (Å²) >= 11 is 0. The van der Waals surface area contributed by atoms with Crippen molar-refractivity contribution < 1.29 is 9.47 Å². The van der Waals surface area contributed by atoms with E-state index in [2.05, 4.69) is 36.5 Å². The van der Waals surface area contributed by atoms with Crippen LogP contribution >= 0.6 is 0 Å². The first-order valence-corrected chi connectivity index (χ1v) is 7.12.